The number of hydrogen-bond acceptors (Lipinski definition) is 3. The molecule has 1 spiro atoms. The van der Waals surface area contributed by atoms with Crippen molar-refractivity contribution in [3.05, 3.63) is 27.9 Å². The van der Waals surface area contributed by atoms with Crippen molar-refractivity contribution in [2.24, 2.45) is 11.3 Å². The monoisotopic (exact) mass is 309 g/mol. The van der Waals surface area contributed by atoms with Crippen LogP contribution < -0.4 is 10.9 Å². The molecule has 1 aromatic rings. The van der Waals surface area contributed by atoms with Crippen molar-refractivity contribution in [2.75, 3.05) is 13.1 Å². The van der Waals surface area contributed by atoms with Crippen LogP contribution in [0, 0.1) is 11.3 Å². The first-order valence-corrected chi connectivity index (χ1v) is 8.17. The molecular weight excluding hydrogens is 288 g/mol. The van der Waals surface area contributed by atoms with Crippen molar-refractivity contribution in [1.29, 1.82) is 0 Å². The molecule has 4 nitrogen and oxygen atoms in total. The highest BCUT2D eigenvalue weighted by Gasteiger charge is 2.72. The van der Waals surface area contributed by atoms with Gasteiger partial charge in [0, 0.05) is 36.9 Å². The fourth-order valence-corrected chi connectivity index (χ4v) is 4.25. The Hall–Kier alpha value is -1.30. The minimum absolute atomic E-state index is 0.0252. The summed E-state index contributed by atoms with van der Waals surface area (Å²) >= 11 is 0. The Balaban J connectivity index is 1.52. The van der Waals surface area contributed by atoms with Crippen LogP contribution in [-0.4, -0.2) is 28.6 Å². The summed E-state index contributed by atoms with van der Waals surface area (Å²) in [5.41, 5.74) is 0.974. The lowest BCUT2D eigenvalue weighted by Crippen LogP contribution is -2.29. The highest BCUT2D eigenvalue weighted by Crippen LogP contribution is 2.69. The number of fused-ring (bicyclic) bond motifs is 1. The zero-order valence-corrected chi connectivity index (χ0v) is 12.6. The minimum atomic E-state index is -2.47. The summed E-state index contributed by atoms with van der Waals surface area (Å²) in [4.78, 5) is 17.0. The van der Waals surface area contributed by atoms with Gasteiger partial charge in [-0.05, 0) is 38.1 Å². The highest BCUT2D eigenvalue weighted by atomic mass is 19.3. The molecular formula is C16H21F2N3O. The van der Waals surface area contributed by atoms with Crippen LogP contribution in [0.3, 0.4) is 0 Å². The van der Waals surface area contributed by atoms with Gasteiger partial charge in [-0.1, -0.05) is 0 Å². The van der Waals surface area contributed by atoms with E-state index >= 15 is 0 Å². The molecule has 0 bridgehead atoms. The van der Waals surface area contributed by atoms with E-state index in [1.807, 2.05) is 0 Å². The van der Waals surface area contributed by atoms with Gasteiger partial charge in [0.1, 0.15) is 0 Å². The average Bonchev–Trinajstić information content (AvgIpc) is 2.91. The van der Waals surface area contributed by atoms with Gasteiger partial charge in [0.2, 0.25) is 0 Å². The molecule has 1 aliphatic heterocycles. The Morgan fingerprint density at radius 2 is 2.14 bits per heavy atom. The third-order valence-corrected chi connectivity index (χ3v) is 5.69. The van der Waals surface area contributed by atoms with Crippen LogP contribution in [0.2, 0.25) is 0 Å². The molecule has 22 heavy (non-hydrogen) atoms. The Kier molecular flexibility index (Phi) is 3.15. The number of halogens is 2. The smallest absolute Gasteiger partial charge is 0.256 e. The van der Waals surface area contributed by atoms with Crippen LogP contribution in [0.15, 0.2) is 11.1 Å². The van der Waals surface area contributed by atoms with Gasteiger partial charge < -0.3 is 5.32 Å². The summed E-state index contributed by atoms with van der Waals surface area (Å²) in [7, 11) is 0. The lowest BCUT2D eigenvalue weighted by molar-refractivity contribution is 0.0641. The van der Waals surface area contributed by atoms with Crippen LogP contribution in [0.5, 0.6) is 0 Å². The second-order valence-electron chi connectivity index (χ2n) is 7.15. The van der Waals surface area contributed by atoms with E-state index < -0.39 is 11.3 Å². The summed E-state index contributed by atoms with van der Waals surface area (Å²) < 4.78 is 28.6. The number of nitrogens with one attached hydrogen (secondary N) is 1. The first-order chi connectivity index (χ1) is 10.5. The number of nitrogens with zero attached hydrogens (tertiary/aromatic N) is 2. The predicted molar refractivity (Wildman–Crippen MR) is 78.1 cm³/mol. The summed E-state index contributed by atoms with van der Waals surface area (Å²) in [6.45, 7) is 2.18. The van der Waals surface area contributed by atoms with Gasteiger partial charge in [-0.25, -0.2) is 13.8 Å². The van der Waals surface area contributed by atoms with Gasteiger partial charge in [0.25, 0.3) is 11.5 Å². The second kappa shape index (κ2) is 4.85. The van der Waals surface area contributed by atoms with E-state index in [0.29, 0.717) is 25.8 Å². The Morgan fingerprint density at radius 3 is 2.86 bits per heavy atom. The van der Waals surface area contributed by atoms with E-state index in [-0.39, 0.29) is 17.9 Å². The first kappa shape index (κ1) is 14.3. The third-order valence-electron chi connectivity index (χ3n) is 5.69. The fraction of sp³-hybridized carbons (Fsp3) is 0.750. The molecule has 0 amide bonds. The van der Waals surface area contributed by atoms with E-state index in [2.05, 4.69) is 10.3 Å². The van der Waals surface area contributed by atoms with Crippen molar-refractivity contribution < 1.29 is 8.78 Å². The Labute approximate surface area is 127 Å². The van der Waals surface area contributed by atoms with Gasteiger partial charge >= 0.3 is 0 Å². The Morgan fingerprint density at radius 1 is 1.36 bits per heavy atom. The molecule has 2 saturated carbocycles. The second-order valence-corrected chi connectivity index (χ2v) is 7.15. The molecule has 2 atom stereocenters. The molecule has 120 valence electrons. The standard InChI is InChI=1S/C16H21F2N3O/c17-16(18)9-15(16)4-1-11(7-15)8-21-10-20-13-3-6-19-5-2-12(13)14(21)22/h10-11,19H,1-9H2. The van der Waals surface area contributed by atoms with Crippen LogP contribution in [0.25, 0.3) is 0 Å². The van der Waals surface area contributed by atoms with E-state index in [9.17, 15) is 13.6 Å². The van der Waals surface area contributed by atoms with Crippen molar-refractivity contribution >= 4 is 0 Å². The van der Waals surface area contributed by atoms with Crippen molar-refractivity contribution in [3.8, 4) is 0 Å². The quantitative estimate of drug-likeness (QED) is 0.905. The van der Waals surface area contributed by atoms with Crippen molar-refractivity contribution in [3.63, 3.8) is 0 Å². The molecule has 2 heterocycles. The van der Waals surface area contributed by atoms with E-state index in [4.69, 9.17) is 0 Å². The maximum atomic E-state index is 13.5. The Bertz CT molecular complexity index is 657. The molecule has 4 rings (SSSR count). The van der Waals surface area contributed by atoms with Gasteiger partial charge in [-0.3, -0.25) is 9.36 Å². The maximum absolute atomic E-state index is 13.5. The van der Waals surface area contributed by atoms with Gasteiger partial charge in [-0.15, -0.1) is 0 Å². The van der Waals surface area contributed by atoms with E-state index in [1.54, 1.807) is 10.9 Å². The molecule has 0 radical (unpaired) electrons. The average molecular weight is 309 g/mol. The SMILES string of the molecule is O=c1c2c(ncn1CC1CCC3(C1)CC3(F)F)CCNCC2. The fourth-order valence-electron chi connectivity index (χ4n) is 4.25. The minimum Gasteiger partial charge on any atom is -0.316 e. The van der Waals surface area contributed by atoms with Crippen LogP contribution in [0.1, 0.15) is 36.9 Å². The summed E-state index contributed by atoms with van der Waals surface area (Å²) in [5.74, 6) is -2.29. The van der Waals surface area contributed by atoms with Gasteiger partial charge in [-0.2, -0.15) is 0 Å². The number of aromatic nitrogens is 2. The van der Waals surface area contributed by atoms with Gasteiger partial charge in [0.15, 0.2) is 0 Å². The number of rotatable bonds is 2. The van der Waals surface area contributed by atoms with E-state index in [1.165, 1.54) is 0 Å². The van der Waals surface area contributed by atoms with Gasteiger partial charge in [0.05, 0.1) is 12.0 Å². The third kappa shape index (κ3) is 2.19. The zero-order valence-electron chi connectivity index (χ0n) is 12.6. The molecule has 2 aliphatic carbocycles. The molecule has 0 saturated heterocycles. The maximum Gasteiger partial charge on any atom is 0.256 e. The van der Waals surface area contributed by atoms with Crippen LogP contribution in [-0.2, 0) is 19.4 Å². The molecule has 1 aromatic heterocycles. The molecule has 2 unspecified atom stereocenters. The molecule has 2 fully saturated rings. The summed E-state index contributed by atoms with van der Waals surface area (Å²) in [6, 6.07) is 0. The lowest BCUT2D eigenvalue weighted by Gasteiger charge is -2.14. The largest absolute Gasteiger partial charge is 0.316 e. The van der Waals surface area contributed by atoms with Crippen LogP contribution >= 0.6 is 0 Å². The van der Waals surface area contributed by atoms with Crippen LogP contribution in [0.4, 0.5) is 8.78 Å². The molecule has 1 N–H and O–H groups in total. The van der Waals surface area contributed by atoms with E-state index in [0.717, 1.165) is 37.2 Å². The summed E-state index contributed by atoms with van der Waals surface area (Å²) in [5, 5.41) is 3.27. The zero-order chi connectivity index (χ0) is 15.4. The topological polar surface area (TPSA) is 46.9 Å². The molecule has 6 heteroatoms. The number of alkyl halides is 2. The molecule has 3 aliphatic rings. The van der Waals surface area contributed by atoms with Crippen molar-refractivity contribution in [2.45, 2.75) is 51.0 Å². The lowest BCUT2D eigenvalue weighted by atomic mass is 10.0. The molecule has 0 aromatic carbocycles. The highest BCUT2D eigenvalue weighted by molar-refractivity contribution is 5.19. The first-order valence-electron chi connectivity index (χ1n) is 8.17. The normalized spacial score (nSPS) is 32.7. The predicted octanol–water partition coefficient (Wildman–Crippen LogP) is 1.76. The summed E-state index contributed by atoms with van der Waals surface area (Å²) in [6.07, 6.45) is 5.08. The number of hydrogen-bond donors (Lipinski definition) is 1. The van der Waals surface area contributed by atoms with Crippen molar-refractivity contribution in [1.82, 2.24) is 14.9 Å².